The zero-order valence-corrected chi connectivity index (χ0v) is 21.8. The fraction of sp³-hybridized carbons (Fsp3) is 0.500. The number of pyridine rings is 1. The first-order valence-corrected chi connectivity index (χ1v) is 13.3. The summed E-state index contributed by atoms with van der Waals surface area (Å²) in [5.41, 5.74) is 0.380. The summed E-state index contributed by atoms with van der Waals surface area (Å²) in [5, 5.41) is 0.436. The van der Waals surface area contributed by atoms with Gasteiger partial charge in [0.05, 0.1) is 16.6 Å². The predicted molar refractivity (Wildman–Crippen MR) is 140 cm³/mol. The second-order valence-corrected chi connectivity index (χ2v) is 11.1. The Balaban J connectivity index is 1.32. The summed E-state index contributed by atoms with van der Waals surface area (Å²) < 4.78 is 1.38. The molecule has 3 aromatic heterocycles. The lowest BCUT2D eigenvalue weighted by Gasteiger charge is -2.35. The molecular weight excluding hydrogens is 476 g/mol. The molecule has 0 aliphatic carbocycles. The maximum atomic E-state index is 13.4. The van der Waals surface area contributed by atoms with Crippen LogP contribution in [0.1, 0.15) is 35.5 Å². The van der Waals surface area contributed by atoms with E-state index in [9.17, 15) is 14.4 Å². The van der Waals surface area contributed by atoms with Crippen LogP contribution in [0.15, 0.2) is 35.5 Å². The molecule has 0 radical (unpaired) electrons. The first-order valence-electron chi connectivity index (χ1n) is 12.5. The van der Waals surface area contributed by atoms with Gasteiger partial charge in [-0.05, 0) is 42.9 Å². The molecule has 10 heteroatoms. The monoisotopic (exact) mass is 508 g/mol. The third kappa shape index (κ3) is 4.74. The molecule has 2 aliphatic rings. The number of rotatable bonds is 4. The zero-order valence-electron chi connectivity index (χ0n) is 21.0. The van der Waals surface area contributed by atoms with E-state index >= 15 is 0 Å². The summed E-state index contributed by atoms with van der Waals surface area (Å²) >= 11 is 1.26. The Hall–Kier alpha value is -3.27. The van der Waals surface area contributed by atoms with Gasteiger partial charge in [0.2, 0.25) is 5.91 Å². The molecule has 2 aliphatic heterocycles. The molecule has 0 N–H and O–H groups in total. The van der Waals surface area contributed by atoms with Crippen LogP contribution in [-0.2, 0) is 11.3 Å². The summed E-state index contributed by atoms with van der Waals surface area (Å²) in [5.74, 6) is 1.68. The SMILES string of the molecule is Cc1c(C(=O)N2CCN(c3ccccn3)CC2)sc2ncn(CC(=O)N3C[C@@H](C)C[C@H](C)C3)c(=O)c12. The van der Waals surface area contributed by atoms with Crippen LogP contribution in [0.5, 0.6) is 0 Å². The molecule has 5 rings (SSSR count). The van der Waals surface area contributed by atoms with Gasteiger partial charge in [-0.3, -0.25) is 19.0 Å². The van der Waals surface area contributed by atoms with E-state index in [0.29, 0.717) is 58.7 Å². The van der Waals surface area contributed by atoms with Crippen LogP contribution in [-0.4, -0.2) is 75.4 Å². The number of likely N-dealkylation sites (tertiary alicyclic amines) is 1. The smallest absolute Gasteiger partial charge is 0.264 e. The second-order valence-electron chi connectivity index (χ2n) is 10.1. The number of amides is 2. The van der Waals surface area contributed by atoms with Crippen molar-refractivity contribution >= 4 is 39.2 Å². The van der Waals surface area contributed by atoms with Crippen molar-refractivity contribution in [1.29, 1.82) is 0 Å². The standard InChI is InChI=1S/C26H32N6O3S/c1-17-12-18(2)14-31(13-17)21(33)15-32-16-28-24-22(25(32)34)19(3)23(36-24)26(35)30-10-8-29(9-11-30)20-6-4-5-7-27-20/h4-7,16-18H,8-15H2,1-3H3/t17-,18-/m0/s1. The number of anilines is 1. The van der Waals surface area contributed by atoms with Gasteiger partial charge in [0.1, 0.15) is 17.2 Å². The number of piperidine rings is 1. The van der Waals surface area contributed by atoms with E-state index in [-0.39, 0.29) is 23.9 Å². The van der Waals surface area contributed by atoms with E-state index in [4.69, 9.17) is 0 Å². The lowest BCUT2D eigenvalue weighted by Crippen LogP contribution is -2.49. The highest BCUT2D eigenvalue weighted by Crippen LogP contribution is 2.29. The van der Waals surface area contributed by atoms with Crippen LogP contribution in [0.25, 0.3) is 10.2 Å². The maximum absolute atomic E-state index is 13.4. The lowest BCUT2D eigenvalue weighted by atomic mass is 9.92. The van der Waals surface area contributed by atoms with Gasteiger partial charge in [-0.2, -0.15) is 0 Å². The van der Waals surface area contributed by atoms with Crippen molar-refractivity contribution < 1.29 is 9.59 Å². The Morgan fingerprint density at radius 3 is 2.42 bits per heavy atom. The normalized spacial score (nSPS) is 20.7. The fourth-order valence-electron chi connectivity index (χ4n) is 5.41. The van der Waals surface area contributed by atoms with Gasteiger partial charge in [0.25, 0.3) is 11.5 Å². The minimum atomic E-state index is -0.265. The number of piperazine rings is 1. The van der Waals surface area contributed by atoms with Crippen molar-refractivity contribution in [3.05, 3.63) is 51.5 Å². The molecule has 36 heavy (non-hydrogen) atoms. The number of hydrogen-bond donors (Lipinski definition) is 0. The maximum Gasteiger partial charge on any atom is 0.264 e. The first kappa shape index (κ1) is 24.4. The largest absolute Gasteiger partial charge is 0.353 e. The number of nitrogens with zero attached hydrogens (tertiary/aromatic N) is 6. The average Bonchev–Trinajstić information content (AvgIpc) is 3.22. The van der Waals surface area contributed by atoms with E-state index in [1.54, 1.807) is 13.1 Å². The third-order valence-electron chi connectivity index (χ3n) is 7.18. The van der Waals surface area contributed by atoms with Crippen molar-refractivity contribution in [3.63, 3.8) is 0 Å². The first-order chi connectivity index (χ1) is 17.3. The van der Waals surface area contributed by atoms with Gasteiger partial charge in [-0.25, -0.2) is 9.97 Å². The van der Waals surface area contributed by atoms with Crippen molar-refractivity contribution in [3.8, 4) is 0 Å². The number of carbonyl (C=O) groups excluding carboxylic acids is 2. The number of aryl methyl sites for hydroxylation is 1. The fourth-order valence-corrected chi connectivity index (χ4v) is 6.52. The Bertz CT molecular complexity index is 1320. The van der Waals surface area contributed by atoms with E-state index in [0.717, 1.165) is 25.3 Å². The third-order valence-corrected chi connectivity index (χ3v) is 8.37. The Morgan fingerprint density at radius 2 is 1.75 bits per heavy atom. The van der Waals surface area contributed by atoms with E-state index < -0.39 is 0 Å². The summed E-state index contributed by atoms with van der Waals surface area (Å²) in [6.45, 7) is 10.1. The average molecular weight is 509 g/mol. The van der Waals surface area contributed by atoms with Crippen molar-refractivity contribution in [2.45, 2.75) is 33.7 Å². The molecule has 2 fully saturated rings. The van der Waals surface area contributed by atoms with Gasteiger partial charge in [-0.15, -0.1) is 11.3 Å². The van der Waals surface area contributed by atoms with E-state index in [1.807, 2.05) is 28.0 Å². The van der Waals surface area contributed by atoms with Gasteiger partial charge < -0.3 is 14.7 Å². The topological polar surface area (TPSA) is 91.6 Å². The number of aromatic nitrogens is 3. The Kier molecular flexibility index (Phi) is 6.79. The second kappa shape index (κ2) is 10.0. The molecule has 0 unspecified atom stereocenters. The molecule has 0 aromatic carbocycles. The molecule has 3 aromatic rings. The van der Waals surface area contributed by atoms with Crippen molar-refractivity contribution in [1.82, 2.24) is 24.3 Å². The molecule has 9 nitrogen and oxygen atoms in total. The Labute approximate surface area is 214 Å². The van der Waals surface area contributed by atoms with Crippen molar-refractivity contribution in [2.75, 3.05) is 44.2 Å². The van der Waals surface area contributed by atoms with Crippen LogP contribution >= 0.6 is 11.3 Å². The molecule has 2 atom stereocenters. The van der Waals surface area contributed by atoms with Gasteiger partial charge in [0, 0.05) is 45.5 Å². The molecule has 2 saturated heterocycles. The lowest BCUT2D eigenvalue weighted by molar-refractivity contribution is -0.134. The van der Waals surface area contributed by atoms with Crippen LogP contribution in [0.2, 0.25) is 0 Å². The van der Waals surface area contributed by atoms with E-state index in [1.165, 1.54) is 22.2 Å². The minimum absolute atomic E-state index is 0.0325. The highest BCUT2D eigenvalue weighted by Gasteiger charge is 2.28. The van der Waals surface area contributed by atoms with Gasteiger partial charge >= 0.3 is 0 Å². The number of thiophene rings is 1. The highest BCUT2D eigenvalue weighted by atomic mass is 32.1. The summed E-state index contributed by atoms with van der Waals surface area (Å²) in [7, 11) is 0. The van der Waals surface area contributed by atoms with Crippen LogP contribution in [0.3, 0.4) is 0 Å². The molecule has 190 valence electrons. The van der Waals surface area contributed by atoms with Crippen molar-refractivity contribution in [2.24, 2.45) is 11.8 Å². The molecule has 0 bridgehead atoms. The summed E-state index contributed by atoms with van der Waals surface area (Å²) in [6, 6.07) is 5.82. The minimum Gasteiger partial charge on any atom is -0.353 e. The number of fused-ring (bicyclic) bond motifs is 1. The quantitative estimate of drug-likeness (QED) is 0.538. The number of carbonyl (C=O) groups is 2. The molecule has 0 spiro atoms. The highest BCUT2D eigenvalue weighted by molar-refractivity contribution is 7.20. The van der Waals surface area contributed by atoms with Crippen LogP contribution in [0.4, 0.5) is 5.82 Å². The van der Waals surface area contributed by atoms with Gasteiger partial charge in [0.15, 0.2) is 0 Å². The molecule has 5 heterocycles. The van der Waals surface area contributed by atoms with Gasteiger partial charge in [-0.1, -0.05) is 19.9 Å². The number of hydrogen-bond acceptors (Lipinski definition) is 7. The Morgan fingerprint density at radius 1 is 1.03 bits per heavy atom. The molecule has 2 amide bonds. The van der Waals surface area contributed by atoms with Crippen LogP contribution in [0, 0.1) is 18.8 Å². The molecular formula is C26H32N6O3S. The van der Waals surface area contributed by atoms with E-state index in [2.05, 4.69) is 28.7 Å². The zero-order chi connectivity index (χ0) is 25.4. The summed E-state index contributed by atoms with van der Waals surface area (Å²) in [6.07, 6.45) is 4.32. The predicted octanol–water partition coefficient (Wildman–Crippen LogP) is 2.63. The summed E-state index contributed by atoms with van der Waals surface area (Å²) in [4.78, 5) is 55.5. The van der Waals surface area contributed by atoms with Crippen LogP contribution < -0.4 is 10.5 Å². The molecule has 0 saturated carbocycles.